The van der Waals surface area contributed by atoms with E-state index in [4.69, 9.17) is 0 Å². The first-order chi connectivity index (χ1) is 13.8. The molecule has 3 aromatic rings. The predicted molar refractivity (Wildman–Crippen MR) is 109 cm³/mol. The van der Waals surface area contributed by atoms with Crippen molar-refractivity contribution in [2.45, 2.75) is 13.8 Å². The van der Waals surface area contributed by atoms with Crippen molar-refractivity contribution in [2.75, 3.05) is 19.0 Å². The van der Waals surface area contributed by atoms with Gasteiger partial charge in [0.25, 0.3) is 11.8 Å². The fourth-order valence-electron chi connectivity index (χ4n) is 2.98. The smallest absolute Gasteiger partial charge is 0.273 e. The molecule has 0 bridgehead atoms. The summed E-state index contributed by atoms with van der Waals surface area (Å²) < 4.78 is 14.7. The Morgan fingerprint density at radius 3 is 2.31 bits per heavy atom. The Bertz CT molecular complexity index is 1060. The molecule has 2 aromatic carbocycles. The molecule has 2 amide bonds. The normalized spacial score (nSPS) is 10.5. The lowest BCUT2D eigenvalue weighted by Gasteiger charge is -2.13. The van der Waals surface area contributed by atoms with Gasteiger partial charge in [-0.2, -0.15) is 5.10 Å². The molecule has 0 radical (unpaired) electrons. The zero-order valence-corrected chi connectivity index (χ0v) is 16.7. The van der Waals surface area contributed by atoms with Gasteiger partial charge in [-0.05, 0) is 56.3 Å². The first-order valence-electron chi connectivity index (χ1n) is 8.98. The van der Waals surface area contributed by atoms with E-state index in [0.717, 1.165) is 5.69 Å². The molecule has 0 saturated heterocycles. The summed E-state index contributed by atoms with van der Waals surface area (Å²) in [6.07, 6.45) is 0. The van der Waals surface area contributed by atoms with Crippen LogP contribution in [-0.2, 0) is 0 Å². The highest BCUT2D eigenvalue weighted by atomic mass is 19.1. The van der Waals surface area contributed by atoms with E-state index in [1.807, 2.05) is 25.1 Å². The van der Waals surface area contributed by atoms with Crippen molar-refractivity contribution < 1.29 is 14.0 Å². The van der Waals surface area contributed by atoms with E-state index in [-0.39, 0.29) is 5.82 Å². The number of nitrogens with zero attached hydrogens (tertiary/aromatic N) is 3. The highest BCUT2D eigenvalue weighted by Crippen LogP contribution is 2.18. The number of hydrogen-bond donors (Lipinski definition) is 2. The molecule has 0 atom stereocenters. The molecule has 7 nitrogen and oxygen atoms in total. The predicted octanol–water partition coefficient (Wildman–Crippen LogP) is 2.77. The number of nitrogens with one attached hydrogen (secondary N) is 2. The Kier molecular flexibility index (Phi) is 5.63. The number of aromatic nitrogens is 2. The van der Waals surface area contributed by atoms with E-state index >= 15 is 0 Å². The molecule has 0 saturated carbocycles. The highest BCUT2D eigenvalue weighted by Gasteiger charge is 2.20. The summed E-state index contributed by atoms with van der Waals surface area (Å²) in [5.41, 5.74) is 8.21. The molecule has 8 heteroatoms. The van der Waals surface area contributed by atoms with Crippen molar-refractivity contribution in [3.05, 3.63) is 76.9 Å². The van der Waals surface area contributed by atoms with Crippen LogP contribution < -0.4 is 15.8 Å². The summed E-state index contributed by atoms with van der Waals surface area (Å²) in [6.45, 7) is 3.44. The van der Waals surface area contributed by atoms with Crippen LogP contribution in [0, 0.1) is 19.7 Å². The standard InChI is InChI=1S/C21H22FN5O2/c1-13-19(14(2)27(25-13)17-10-8-16(22)9-11-17)21(29)24-23-20(28)15-6-5-7-18(12-15)26(3)4/h5-12H,1-4H3,(H,23,28)(H,24,29). The zero-order chi connectivity index (χ0) is 21.1. The lowest BCUT2D eigenvalue weighted by molar-refractivity contribution is 0.0846. The third-order valence-corrected chi connectivity index (χ3v) is 4.50. The Morgan fingerprint density at radius 2 is 1.66 bits per heavy atom. The average Bonchev–Trinajstić information content (AvgIpc) is 3.00. The van der Waals surface area contributed by atoms with Gasteiger partial charge in [-0.25, -0.2) is 9.07 Å². The third kappa shape index (κ3) is 4.26. The molecule has 0 spiro atoms. The second-order valence-electron chi connectivity index (χ2n) is 6.79. The maximum atomic E-state index is 13.2. The van der Waals surface area contributed by atoms with Crippen LogP contribution in [0.3, 0.4) is 0 Å². The van der Waals surface area contributed by atoms with E-state index in [9.17, 15) is 14.0 Å². The number of carbonyl (C=O) groups excluding carboxylic acids is 2. The molecule has 3 rings (SSSR count). The number of benzene rings is 2. The number of anilines is 1. The van der Waals surface area contributed by atoms with Gasteiger partial charge in [0, 0.05) is 25.3 Å². The average molecular weight is 395 g/mol. The quantitative estimate of drug-likeness (QED) is 0.666. The number of hydrogen-bond acceptors (Lipinski definition) is 4. The number of hydrazine groups is 1. The van der Waals surface area contributed by atoms with Crippen LogP contribution in [0.5, 0.6) is 0 Å². The molecular formula is C21H22FN5O2. The summed E-state index contributed by atoms with van der Waals surface area (Å²) in [5, 5.41) is 4.36. The maximum absolute atomic E-state index is 13.2. The Hall–Kier alpha value is -3.68. The van der Waals surface area contributed by atoms with Crippen LogP contribution in [-0.4, -0.2) is 35.7 Å². The molecule has 1 heterocycles. The van der Waals surface area contributed by atoms with E-state index in [1.165, 1.54) is 12.1 Å². The zero-order valence-electron chi connectivity index (χ0n) is 16.7. The molecule has 2 N–H and O–H groups in total. The molecule has 0 aliphatic rings. The lowest BCUT2D eigenvalue weighted by atomic mass is 10.2. The molecule has 1 aromatic heterocycles. The van der Waals surface area contributed by atoms with E-state index in [0.29, 0.717) is 28.2 Å². The topological polar surface area (TPSA) is 79.3 Å². The fraction of sp³-hybridized carbons (Fsp3) is 0.190. The summed E-state index contributed by atoms with van der Waals surface area (Å²) in [7, 11) is 3.76. The van der Waals surface area contributed by atoms with Crippen LogP contribution >= 0.6 is 0 Å². The Morgan fingerprint density at radius 1 is 1.00 bits per heavy atom. The van der Waals surface area contributed by atoms with Crippen molar-refractivity contribution in [3.8, 4) is 5.69 Å². The van der Waals surface area contributed by atoms with Crippen LogP contribution in [0.1, 0.15) is 32.1 Å². The summed E-state index contributed by atoms with van der Waals surface area (Å²) in [4.78, 5) is 26.9. The van der Waals surface area contributed by atoms with E-state index in [2.05, 4.69) is 16.0 Å². The van der Waals surface area contributed by atoms with Gasteiger partial charge in [0.05, 0.1) is 22.6 Å². The number of halogens is 1. The molecule has 29 heavy (non-hydrogen) atoms. The van der Waals surface area contributed by atoms with E-state index < -0.39 is 11.8 Å². The van der Waals surface area contributed by atoms with Crippen molar-refractivity contribution in [3.63, 3.8) is 0 Å². The lowest BCUT2D eigenvalue weighted by Crippen LogP contribution is -2.42. The van der Waals surface area contributed by atoms with Gasteiger partial charge in [0.1, 0.15) is 5.82 Å². The summed E-state index contributed by atoms with van der Waals surface area (Å²) in [6, 6.07) is 12.9. The van der Waals surface area contributed by atoms with Gasteiger partial charge in [0.15, 0.2) is 0 Å². The van der Waals surface area contributed by atoms with Crippen molar-refractivity contribution >= 4 is 17.5 Å². The van der Waals surface area contributed by atoms with Gasteiger partial charge in [-0.3, -0.25) is 20.4 Å². The molecule has 0 unspecified atom stereocenters. The number of aryl methyl sites for hydroxylation is 1. The monoisotopic (exact) mass is 395 g/mol. The largest absolute Gasteiger partial charge is 0.378 e. The third-order valence-electron chi connectivity index (χ3n) is 4.50. The van der Waals surface area contributed by atoms with Gasteiger partial charge in [0.2, 0.25) is 0 Å². The Balaban J connectivity index is 1.75. The Labute approximate surface area is 168 Å². The number of amides is 2. The fourth-order valence-corrected chi connectivity index (χ4v) is 2.98. The summed E-state index contributed by atoms with van der Waals surface area (Å²) in [5.74, 6) is -1.26. The van der Waals surface area contributed by atoms with Crippen molar-refractivity contribution in [1.82, 2.24) is 20.6 Å². The first-order valence-corrected chi connectivity index (χ1v) is 8.98. The molecule has 0 aliphatic heterocycles. The molecule has 0 aliphatic carbocycles. The summed E-state index contributed by atoms with van der Waals surface area (Å²) >= 11 is 0. The minimum atomic E-state index is -0.481. The van der Waals surface area contributed by atoms with Gasteiger partial charge >= 0.3 is 0 Å². The van der Waals surface area contributed by atoms with Crippen LogP contribution in [0.2, 0.25) is 0 Å². The van der Waals surface area contributed by atoms with Gasteiger partial charge < -0.3 is 4.90 Å². The van der Waals surface area contributed by atoms with Gasteiger partial charge in [-0.1, -0.05) is 6.07 Å². The first kappa shape index (κ1) is 20.1. The number of rotatable bonds is 4. The van der Waals surface area contributed by atoms with Crippen molar-refractivity contribution in [2.24, 2.45) is 0 Å². The molecule has 150 valence electrons. The molecular weight excluding hydrogens is 373 g/mol. The minimum absolute atomic E-state index is 0.344. The number of carbonyl (C=O) groups is 2. The SMILES string of the molecule is Cc1nn(-c2ccc(F)cc2)c(C)c1C(=O)NNC(=O)c1cccc(N(C)C)c1. The maximum Gasteiger partial charge on any atom is 0.273 e. The van der Waals surface area contributed by atoms with Crippen LogP contribution in [0.15, 0.2) is 48.5 Å². The van der Waals surface area contributed by atoms with Crippen LogP contribution in [0.25, 0.3) is 5.69 Å². The molecule has 0 fully saturated rings. The van der Waals surface area contributed by atoms with Gasteiger partial charge in [-0.15, -0.1) is 0 Å². The van der Waals surface area contributed by atoms with Crippen LogP contribution in [0.4, 0.5) is 10.1 Å². The minimum Gasteiger partial charge on any atom is -0.378 e. The highest BCUT2D eigenvalue weighted by molar-refractivity contribution is 6.00. The second kappa shape index (κ2) is 8.14. The second-order valence-corrected chi connectivity index (χ2v) is 6.79. The van der Waals surface area contributed by atoms with Crippen molar-refractivity contribution in [1.29, 1.82) is 0 Å². The van der Waals surface area contributed by atoms with E-state index in [1.54, 1.807) is 48.9 Å².